The minimum absolute atomic E-state index is 0.130. The third-order valence-corrected chi connectivity index (χ3v) is 3.77. The molecule has 2 rings (SSSR count). The number of hydrogen-bond acceptors (Lipinski definition) is 4. The van der Waals surface area contributed by atoms with Gasteiger partial charge < -0.3 is 4.74 Å². The molecule has 0 bridgehead atoms. The lowest BCUT2D eigenvalue weighted by Gasteiger charge is -2.09. The Bertz CT molecular complexity index is 761. The molecule has 0 radical (unpaired) electrons. The number of rotatable bonds is 4. The number of ether oxygens (including phenoxy) is 1. The highest BCUT2D eigenvalue weighted by Crippen LogP contribution is 2.26. The van der Waals surface area contributed by atoms with E-state index >= 15 is 0 Å². The first kappa shape index (κ1) is 15.8. The monoisotopic (exact) mass is 378 g/mol. The first-order valence-electron chi connectivity index (χ1n) is 5.51. The largest absolute Gasteiger partial charge is 0.483 e. The van der Waals surface area contributed by atoms with Crippen molar-refractivity contribution < 1.29 is 21.9 Å². The van der Waals surface area contributed by atoms with Crippen LogP contribution in [0.5, 0.6) is 5.75 Å². The molecule has 2 aromatic rings. The van der Waals surface area contributed by atoms with Crippen LogP contribution in [0.4, 0.5) is 8.78 Å². The Kier molecular flexibility index (Phi) is 4.55. The summed E-state index contributed by atoms with van der Waals surface area (Å²) in [5.74, 6) is -2.98. The number of sulfonamides is 1. The topological polar surface area (TPSA) is 82.3 Å². The van der Waals surface area contributed by atoms with Crippen LogP contribution in [-0.2, 0) is 16.6 Å². The van der Waals surface area contributed by atoms with Crippen molar-refractivity contribution in [3.05, 3.63) is 52.3 Å². The molecule has 112 valence electrons. The van der Waals surface area contributed by atoms with Gasteiger partial charge in [0.25, 0.3) is 0 Å². The fraction of sp³-hybridized carbons (Fsp3) is 0.0833. The van der Waals surface area contributed by atoms with E-state index in [4.69, 9.17) is 9.88 Å². The molecule has 2 N–H and O–H groups in total. The number of aromatic nitrogens is 1. The normalized spacial score (nSPS) is 11.4. The Morgan fingerprint density at radius 2 is 1.81 bits per heavy atom. The quantitative estimate of drug-likeness (QED) is 0.884. The molecular formula is C12H9BrF2N2O3S. The highest BCUT2D eigenvalue weighted by molar-refractivity contribution is 9.10. The van der Waals surface area contributed by atoms with Crippen LogP contribution in [0.3, 0.4) is 0 Å². The van der Waals surface area contributed by atoms with Gasteiger partial charge in [0.05, 0.1) is 4.90 Å². The number of hydrogen-bond donors (Lipinski definition) is 1. The van der Waals surface area contributed by atoms with Crippen molar-refractivity contribution in [2.45, 2.75) is 11.5 Å². The second-order valence-electron chi connectivity index (χ2n) is 4.06. The third kappa shape index (κ3) is 3.96. The van der Waals surface area contributed by atoms with Crippen LogP contribution in [0.1, 0.15) is 5.56 Å². The van der Waals surface area contributed by atoms with Gasteiger partial charge in [-0.15, -0.1) is 0 Å². The third-order valence-electron chi connectivity index (χ3n) is 2.45. The van der Waals surface area contributed by atoms with E-state index in [1.54, 1.807) is 12.3 Å². The van der Waals surface area contributed by atoms with Crippen molar-refractivity contribution in [3.8, 4) is 5.75 Å². The lowest BCUT2D eigenvalue weighted by Crippen LogP contribution is -2.13. The first-order chi connectivity index (χ1) is 9.77. The molecule has 0 saturated carbocycles. The summed E-state index contributed by atoms with van der Waals surface area (Å²) in [4.78, 5) is 3.22. The molecule has 1 aromatic carbocycles. The number of nitrogens with two attached hydrogens (primary N) is 1. The van der Waals surface area contributed by atoms with Crippen LogP contribution in [0, 0.1) is 11.6 Å². The zero-order valence-corrected chi connectivity index (χ0v) is 12.8. The summed E-state index contributed by atoms with van der Waals surface area (Å²) < 4.78 is 55.3. The standard InChI is InChI=1S/C12H9BrF2N2O3S/c13-8-1-7(4-17-5-8)6-20-12-10(14)2-9(3-11(12)15)21(16,18)19/h1-5H,6H2,(H2,16,18,19). The maximum atomic E-state index is 13.7. The molecule has 0 aliphatic heterocycles. The minimum Gasteiger partial charge on any atom is -0.483 e. The SMILES string of the molecule is NS(=O)(=O)c1cc(F)c(OCc2cncc(Br)c2)c(F)c1. The van der Waals surface area contributed by atoms with Crippen LogP contribution in [0.15, 0.2) is 40.0 Å². The minimum atomic E-state index is -4.19. The smallest absolute Gasteiger partial charge is 0.238 e. The Labute approximate surface area is 127 Å². The number of benzene rings is 1. The van der Waals surface area contributed by atoms with E-state index in [9.17, 15) is 17.2 Å². The highest BCUT2D eigenvalue weighted by atomic mass is 79.9. The highest BCUT2D eigenvalue weighted by Gasteiger charge is 2.18. The summed E-state index contributed by atoms with van der Waals surface area (Å²) in [5, 5.41) is 4.81. The molecule has 21 heavy (non-hydrogen) atoms. The van der Waals surface area contributed by atoms with Crippen molar-refractivity contribution in [1.82, 2.24) is 4.98 Å². The van der Waals surface area contributed by atoms with Gasteiger partial charge in [0.15, 0.2) is 17.4 Å². The number of nitrogens with zero attached hydrogens (tertiary/aromatic N) is 1. The van der Waals surface area contributed by atoms with E-state index < -0.39 is 32.3 Å². The van der Waals surface area contributed by atoms with Crippen LogP contribution < -0.4 is 9.88 Å². The van der Waals surface area contributed by atoms with Crippen LogP contribution in [-0.4, -0.2) is 13.4 Å². The van der Waals surface area contributed by atoms with Crippen molar-refractivity contribution in [3.63, 3.8) is 0 Å². The fourth-order valence-corrected chi connectivity index (χ4v) is 2.48. The van der Waals surface area contributed by atoms with Gasteiger partial charge in [-0.25, -0.2) is 22.3 Å². The number of pyridine rings is 1. The predicted octanol–water partition coefficient (Wildman–Crippen LogP) is 2.35. The van der Waals surface area contributed by atoms with Crippen molar-refractivity contribution >= 4 is 26.0 Å². The molecule has 0 aliphatic carbocycles. The van der Waals surface area contributed by atoms with Gasteiger partial charge in [-0.2, -0.15) is 0 Å². The maximum Gasteiger partial charge on any atom is 0.238 e. The van der Waals surface area contributed by atoms with Crippen molar-refractivity contribution in [1.29, 1.82) is 0 Å². The molecule has 0 atom stereocenters. The summed E-state index contributed by atoms with van der Waals surface area (Å²) >= 11 is 3.20. The molecule has 0 saturated heterocycles. The molecule has 0 amide bonds. The molecule has 0 unspecified atom stereocenters. The average molecular weight is 379 g/mol. The van der Waals surface area contributed by atoms with Gasteiger partial charge in [-0.1, -0.05) is 0 Å². The lowest BCUT2D eigenvalue weighted by molar-refractivity contribution is 0.273. The lowest BCUT2D eigenvalue weighted by atomic mass is 10.3. The molecule has 0 spiro atoms. The average Bonchev–Trinajstić information content (AvgIpc) is 2.36. The molecule has 5 nitrogen and oxygen atoms in total. The van der Waals surface area contributed by atoms with Crippen molar-refractivity contribution in [2.75, 3.05) is 0 Å². The first-order valence-corrected chi connectivity index (χ1v) is 7.85. The van der Waals surface area contributed by atoms with Gasteiger partial charge in [0.2, 0.25) is 10.0 Å². The van der Waals surface area contributed by atoms with Gasteiger partial charge in [-0.05, 0) is 34.1 Å². The van der Waals surface area contributed by atoms with E-state index in [1.165, 1.54) is 6.20 Å². The molecule has 0 aliphatic rings. The Balaban J connectivity index is 2.25. The maximum absolute atomic E-state index is 13.7. The number of halogens is 3. The van der Waals surface area contributed by atoms with Crippen LogP contribution >= 0.6 is 15.9 Å². The molecule has 1 heterocycles. The Morgan fingerprint density at radius 1 is 1.19 bits per heavy atom. The molecule has 9 heteroatoms. The zero-order valence-electron chi connectivity index (χ0n) is 10.4. The van der Waals surface area contributed by atoms with Crippen molar-refractivity contribution in [2.24, 2.45) is 5.14 Å². The Hall–Kier alpha value is -1.58. The van der Waals surface area contributed by atoms with Gasteiger partial charge in [-0.3, -0.25) is 4.98 Å². The van der Waals surface area contributed by atoms with Crippen LogP contribution in [0.25, 0.3) is 0 Å². The Morgan fingerprint density at radius 3 is 2.33 bits per heavy atom. The zero-order chi connectivity index (χ0) is 15.6. The summed E-state index contributed by atoms with van der Waals surface area (Å²) in [7, 11) is -4.19. The van der Waals surface area contributed by atoms with E-state index in [1.807, 2.05) is 0 Å². The summed E-state index contributed by atoms with van der Waals surface area (Å²) in [6.07, 6.45) is 3.02. The van der Waals surface area contributed by atoms with E-state index in [-0.39, 0.29) is 6.61 Å². The second-order valence-corrected chi connectivity index (χ2v) is 6.54. The fourth-order valence-electron chi connectivity index (χ4n) is 1.53. The second kappa shape index (κ2) is 6.04. The van der Waals surface area contributed by atoms with Gasteiger partial charge >= 0.3 is 0 Å². The van der Waals surface area contributed by atoms with E-state index in [0.29, 0.717) is 22.2 Å². The number of primary sulfonamides is 1. The summed E-state index contributed by atoms with van der Waals surface area (Å²) in [6, 6.07) is 2.88. The molecule has 0 fully saturated rings. The van der Waals surface area contributed by atoms with E-state index in [2.05, 4.69) is 20.9 Å². The summed E-state index contributed by atoms with van der Waals surface area (Å²) in [6.45, 7) is -0.130. The summed E-state index contributed by atoms with van der Waals surface area (Å²) in [5.41, 5.74) is 0.582. The molecule has 1 aromatic heterocycles. The van der Waals surface area contributed by atoms with Crippen LogP contribution in [0.2, 0.25) is 0 Å². The predicted molar refractivity (Wildman–Crippen MR) is 74.0 cm³/mol. The molecular weight excluding hydrogens is 370 g/mol. The van der Waals surface area contributed by atoms with Gasteiger partial charge in [0.1, 0.15) is 6.61 Å². The van der Waals surface area contributed by atoms with E-state index in [0.717, 1.165) is 0 Å². The van der Waals surface area contributed by atoms with Gasteiger partial charge in [0, 0.05) is 22.4 Å².